The van der Waals surface area contributed by atoms with Crippen LogP contribution in [0.15, 0.2) is 5.10 Å². The van der Waals surface area contributed by atoms with Gasteiger partial charge in [-0.15, -0.1) is 11.6 Å². The molecule has 0 aliphatic rings. The molecule has 0 aliphatic carbocycles. The molecule has 0 saturated carbocycles. The largest absolute Gasteiger partial charge is 0.321 e. The molecule has 5 heteroatoms. The monoisotopic (exact) mass is 150 g/mol. The van der Waals surface area contributed by atoms with Crippen LogP contribution in [0.4, 0.5) is 0 Å². The van der Waals surface area contributed by atoms with Crippen molar-refractivity contribution in [1.82, 2.24) is 5.01 Å². The summed E-state index contributed by atoms with van der Waals surface area (Å²) in [7, 11) is 0. The van der Waals surface area contributed by atoms with E-state index in [-0.39, 0.29) is 5.88 Å². The number of nitrogens with zero attached hydrogens (tertiary/aromatic N) is 2. The SMILES string of the molecule is CCN(N)/C(CCl)=N\N. The lowest BCUT2D eigenvalue weighted by Crippen LogP contribution is -2.38. The minimum atomic E-state index is 0.251. The van der Waals surface area contributed by atoms with Crippen LogP contribution >= 0.6 is 11.6 Å². The van der Waals surface area contributed by atoms with Gasteiger partial charge in [0.05, 0.1) is 5.88 Å². The molecule has 0 bridgehead atoms. The maximum absolute atomic E-state index is 5.41. The molecule has 4 N–H and O–H groups in total. The summed E-state index contributed by atoms with van der Waals surface area (Å²) >= 11 is 5.41. The Morgan fingerprint density at radius 3 is 2.44 bits per heavy atom. The quantitative estimate of drug-likeness (QED) is 0.187. The number of amidine groups is 1. The topological polar surface area (TPSA) is 67.6 Å². The normalized spacial score (nSPS) is 11.7. The van der Waals surface area contributed by atoms with Crippen molar-refractivity contribution in [2.45, 2.75) is 6.92 Å². The Labute approximate surface area is 59.4 Å². The summed E-state index contributed by atoms with van der Waals surface area (Å²) in [5.41, 5.74) is 0. The molecule has 0 radical (unpaired) electrons. The standard InChI is InChI=1S/C4H11ClN4/c1-2-9(7)4(3-5)8-6/h2-3,6-7H2,1H3/b8-4-. The maximum atomic E-state index is 5.41. The average Bonchev–Trinajstić information content (AvgIpc) is 1.90. The molecule has 0 atom stereocenters. The number of rotatable bonds is 2. The van der Waals surface area contributed by atoms with Crippen LogP contribution in [0.25, 0.3) is 0 Å². The van der Waals surface area contributed by atoms with Crippen molar-refractivity contribution in [1.29, 1.82) is 0 Å². The van der Waals surface area contributed by atoms with Gasteiger partial charge in [-0.25, -0.2) is 5.84 Å². The molecule has 0 amide bonds. The van der Waals surface area contributed by atoms with E-state index in [4.69, 9.17) is 23.3 Å². The zero-order valence-electron chi connectivity index (χ0n) is 5.34. The first kappa shape index (κ1) is 8.52. The van der Waals surface area contributed by atoms with Gasteiger partial charge in [0.2, 0.25) is 0 Å². The number of hydrazone groups is 1. The van der Waals surface area contributed by atoms with Crippen molar-refractivity contribution >= 4 is 17.4 Å². The van der Waals surface area contributed by atoms with Gasteiger partial charge < -0.3 is 5.84 Å². The van der Waals surface area contributed by atoms with Crippen molar-refractivity contribution in [3.63, 3.8) is 0 Å². The van der Waals surface area contributed by atoms with E-state index in [0.29, 0.717) is 12.4 Å². The summed E-state index contributed by atoms with van der Waals surface area (Å²) in [5.74, 6) is 11.1. The Balaban J connectivity index is 3.80. The highest BCUT2D eigenvalue weighted by molar-refractivity contribution is 6.28. The molecule has 0 aromatic carbocycles. The molecule has 9 heavy (non-hydrogen) atoms. The van der Waals surface area contributed by atoms with E-state index < -0.39 is 0 Å². The van der Waals surface area contributed by atoms with Gasteiger partial charge in [-0.05, 0) is 6.92 Å². The second-order valence-corrected chi connectivity index (χ2v) is 1.73. The lowest BCUT2D eigenvalue weighted by atomic mass is 10.6. The predicted octanol–water partition coefficient (Wildman–Crippen LogP) is -0.307. The molecule has 0 heterocycles. The van der Waals surface area contributed by atoms with Crippen LogP contribution in [0, 0.1) is 0 Å². The van der Waals surface area contributed by atoms with Gasteiger partial charge in [0.25, 0.3) is 0 Å². The van der Waals surface area contributed by atoms with Crippen LogP contribution in [0.5, 0.6) is 0 Å². The zero-order chi connectivity index (χ0) is 7.28. The summed E-state index contributed by atoms with van der Waals surface area (Å²) in [4.78, 5) is 0. The highest BCUT2D eigenvalue weighted by Gasteiger charge is 2.00. The second-order valence-electron chi connectivity index (χ2n) is 1.46. The Morgan fingerprint density at radius 2 is 2.33 bits per heavy atom. The average molecular weight is 151 g/mol. The van der Waals surface area contributed by atoms with Crippen molar-refractivity contribution in [3.8, 4) is 0 Å². The van der Waals surface area contributed by atoms with Crippen molar-refractivity contribution in [3.05, 3.63) is 0 Å². The Kier molecular flexibility index (Phi) is 4.17. The molecule has 0 unspecified atom stereocenters. The van der Waals surface area contributed by atoms with Gasteiger partial charge >= 0.3 is 0 Å². The molecule has 4 nitrogen and oxygen atoms in total. The number of halogens is 1. The van der Waals surface area contributed by atoms with E-state index in [1.807, 2.05) is 6.92 Å². The number of hydrazine groups is 1. The van der Waals surface area contributed by atoms with Gasteiger partial charge in [0.15, 0.2) is 5.84 Å². The third-order valence-corrected chi connectivity index (χ3v) is 1.18. The smallest absolute Gasteiger partial charge is 0.153 e. The van der Waals surface area contributed by atoms with Crippen LogP contribution in [0.1, 0.15) is 6.92 Å². The molecule has 0 aromatic heterocycles. The van der Waals surface area contributed by atoms with Gasteiger partial charge in [-0.1, -0.05) is 0 Å². The first-order chi connectivity index (χ1) is 4.26. The minimum Gasteiger partial charge on any atom is -0.321 e. The van der Waals surface area contributed by atoms with Crippen LogP contribution in [-0.4, -0.2) is 23.3 Å². The fourth-order valence-corrected chi connectivity index (χ4v) is 0.590. The zero-order valence-corrected chi connectivity index (χ0v) is 6.10. The Hall–Kier alpha value is -0.480. The van der Waals surface area contributed by atoms with E-state index in [2.05, 4.69) is 5.10 Å². The molecule has 0 aromatic rings. The predicted molar refractivity (Wildman–Crippen MR) is 38.9 cm³/mol. The number of nitrogens with two attached hydrogens (primary N) is 2. The van der Waals surface area contributed by atoms with E-state index in [0.717, 1.165) is 0 Å². The Morgan fingerprint density at radius 1 is 1.78 bits per heavy atom. The molecular weight excluding hydrogens is 140 g/mol. The number of hydrogen-bond donors (Lipinski definition) is 2. The fraction of sp³-hybridized carbons (Fsp3) is 0.750. The van der Waals surface area contributed by atoms with Crippen LogP contribution < -0.4 is 11.7 Å². The first-order valence-corrected chi connectivity index (χ1v) is 3.14. The van der Waals surface area contributed by atoms with Crippen LogP contribution in [0.3, 0.4) is 0 Å². The van der Waals surface area contributed by atoms with Gasteiger partial charge in [0.1, 0.15) is 0 Å². The maximum Gasteiger partial charge on any atom is 0.153 e. The Bertz CT molecular complexity index is 103. The molecule has 0 spiro atoms. The highest BCUT2D eigenvalue weighted by atomic mass is 35.5. The summed E-state index contributed by atoms with van der Waals surface area (Å²) < 4.78 is 0. The van der Waals surface area contributed by atoms with E-state index in [9.17, 15) is 0 Å². The van der Waals surface area contributed by atoms with Gasteiger partial charge in [0, 0.05) is 6.54 Å². The first-order valence-electron chi connectivity index (χ1n) is 2.61. The lowest BCUT2D eigenvalue weighted by molar-refractivity contribution is 0.461. The van der Waals surface area contributed by atoms with Crippen molar-refractivity contribution < 1.29 is 0 Å². The third-order valence-electron chi connectivity index (χ3n) is 0.941. The second kappa shape index (κ2) is 4.40. The molecule has 0 rings (SSSR count). The molecule has 0 aliphatic heterocycles. The summed E-state index contributed by atoms with van der Waals surface area (Å²) in [5, 5.41) is 4.76. The van der Waals surface area contributed by atoms with Gasteiger partial charge in [-0.3, -0.25) is 5.01 Å². The fourth-order valence-electron chi connectivity index (χ4n) is 0.368. The summed E-state index contributed by atoms with van der Waals surface area (Å²) in [6.07, 6.45) is 0. The van der Waals surface area contributed by atoms with E-state index in [1.165, 1.54) is 5.01 Å². The molecular formula is C4H11ClN4. The number of alkyl halides is 1. The summed E-state index contributed by atoms with van der Waals surface area (Å²) in [6, 6.07) is 0. The minimum absolute atomic E-state index is 0.251. The highest BCUT2D eigenvalue weighted by Crippen LogP contribution is 1.85. The van der Waals surface area contributed by atoms with Crippen molar-refractivity contribution in [2.75, 3.05) is 12.4 Å². The van der Waals surface area contributed by atoms with Crippen LogP contribution in [0.2, 0.25) is 0 Å². The third kappa shape index (κ3) is 2.53. The van der Waals surface area contributed by atoms with Crippen LogP contribution in [-0.2, 0) is 0 Å². The summed E-state index contributed by atoms with van der Waals surface area (Å²) in [6.45, 7) is 2.54. The molecule has 0 fully saturated rings. The van der Waals surface area contributed by atoms with E-state index >= 15 is 0 Å². The van der Waals surface area contributed by atoms with Gasteiger partial charge in [-0.2, -0.15) is 5.10 Å². The number of hydrogen-bond acceptors (Lipinski definition) is 3. The lowest BCUT2D eigenvalue weighted by Gasteiger charge is -2.14. The van der Waals surface area contributed by atoms with Crippen molar-refractivity contribution in [2.24, 2.45) is 16.8 Å². The molecule has 54 valence electrons. The van der Waals surface area contributed by atoms with E-state index in [1.54, 1.807) is 0 Å². The molecule has 0 saturated heterocycles.